The van der Waals surface area contributed by atoms with Crippen molar-refractivity contribution in [2.75, 3.05) is 5.32 Å². The summed E-state index contributed by atoms with van der Waals surface area (Å²) in [6.07, 6.45) is 0. The number of phenols is 1. The SMILES string of the molecule is Cc1c(O)ccc2c(CNc3c(C)n(C)n(-c4ccccc4)c3=O)cc(=O)oc12. The van der Waals surface area contributed by atoms with Crippen LogP contribution in [0, 0.1) is 13.8 Å². The summed E-state index contributed by atoms with van der Waals surface area (Å²) in [4.78, 5) is 25.0. The molecule has 2 aromatic heterocycles. The third kappa shape index (κ3) is 3.10. The standard InChI is InChI=1S/C22H21N3O4/c1-13-18(26)10-9-17-15(11-19(27)29-21(13)17)12-23-20-14(2)24(3)25(22(20)28)16-7-5-4-6-8-16/h4-11,23,26H,12H2,1-3H3. The zero-order valence-corrected chi connectivity index (χ0v) is 16.4. The Labute approximate surface area is 166 Å². The zero-order chi connectivity index (χ0) is 20.7. The van der Waals surface area contributed by atoms with Crippen molar-refractivity contribution in [3.63, 3.8) is 0 Å². The third-order valence-corrected chi connectivity index (χ3v) is 5.23. The molecular formula is C22H21N3O4. The molecule has 29 heavy (non-hydrogen) atoms. The van der Waals surface area contributed by atoms with Gasteiger partial charge in [0.05, 0.1) is 11.4 Å². The quantitative estimate of drug-likeness (QED) is 0.522. The Balaban J connectivity index is 1.75. The molecule has 0 aliphatic carbocycles. The Bertz CT molecular complexity index is 1330. The Morgan fingerprint density at radius 2 is 1.79 bits per heavy atom. The molecule has 0 aliphatic rings. The first-order chi connectivity index (χ1) is 13.9. The van der Waals surface area contributed by atoms with Crippen LogP contribution in [0.25, 0.3) is 16.7 Å². The normalized spacial score (nSPS) is 11.1. The van der Waals surface area contributed by atoms with Crippen molar-refractivity contribution in [1.82, 2.24) is 9.36 Å². The van der Waals surface area contributed by atoms with Crippen LogP contribution in [0.5, 0.6) is 5.75 Å². The van der Waals surface area contributed by atoms with Crippen LogP contribution < -0.4 is 16.5 Å². The molecule has 0 radical (unpaired) electrons. The van der Waals surface area contributed by atoms with Crippen molar-refractivity contribution in [2.24, 2.45) is 7.05 Å². The van der Waals surface area contributed by atoms with Gasteiger partial charge in [-0.3, -0.25) is 9.48 Å². The number of aromatic hydroxyl groups is 1. The average molecular weight is 391 g/mol. The number of hydrogen-bond donors (Lipinski definition) is 2. The van der Waals surface area contributed by atoms with Crippen LogP contribution in [0.2, 0.25) is 0 Å². The van der Waals surface area contributed by atoms with Crippen LogP contribution in [0.1, 0.15) is 16.8 Å². The summed E-state index contributed by atoms with van der Waals surface area (Å²) >= 11 is 0. The van der Waals surface area contributed by atoms with Crippen molar-refractivity contribution in [2.45, 2.75) is 20.4 Å². The topological polar surface area (TPSA) is 89.4 Å². The van der Waals surface area contributed by atoms with Crippen molar-refractivity contribution in [3.05, 3.63) is 86.1 Å². The molecule has 2 heterocycles. The highest BCUT2D eigenvalue weighted by atomic mass is 16.4. The van der Waals surface area contributed by atoms with Gasteiger partial charge in [-0.1, -0.05) is 18.2 Å². The monoisotopic (exact) mass is 391 g/mol. The van der Waals surface area contributed by atoms with Gasteiger partial charge in [-0.25, -0.2) is 9.48 Å². The fourth-order valence-electron chi connectivity index (χ4n) is 3.52. The largest absolute Gasteiger partial charge is 0.508 e. The van der Waals surface area contributed by atoms with Crippen LogP contribution in [-0.2, 0) is 13.6 Å². The summed E-state index contributed by atoms with van der Waals surface area (Å²) in [7, 11) is 1.83. The highest BCUT2D eigenvalue weighted by Crippen LogP contribution is 2.27. The van der Waals surface area contributed by atoms with Crippen molar-refractivity contribution in [1.29, 1.82) is 0 Å². The van der Waals surface area contributed by atoms with Crippen LogP contribution in [0.4, 0.5) is 5.69 Å². The van der Waals surface area contributed by atoms with E-state index < -0.39 is 5.63 Å². The van der Waals surface area contributed by atoms with Crippen LogP contribution >= 0.6 is 0 Å². The van der Waals surface area contributed by atoms with Gasteiger partial charge in [0.2, 0.25) is 0 Å². The second-order valence-electron chi connectivity index (χ2n) is 6.97. The maximum Gasteiger partial charge on any atom is 0.336 e. The molecule has 0 aliphatic heterocycles. The van der Waals surface area contributed by atoms with Crippen LogP contribution in [0.15, 0.2) is 62.5 Å². The number of nitrogens with one attached hydrogen (secondary N) is 1. The molecule has 0 fully saturated rings. The molecule has 0 spiro atoms. The van der Waals surface area contributed by atoms with Crippen LogP contribution in [-0.4, -0.2) is 14.5 Å². The van der Waals surface area contributed by atoms with Gasteiger partial charge in [-0.2, -0.15) is 0 Å². The number of rotatable bonds is 4. The lowest BCUT2D eigenvalue weighted by Gasteiger charge is -2.09. The number of fused-ring (bicyclic) bond motifs is 1. The number of benzene rings is 2. The fraction of sp³-hybridized carbons (Fsp3) is 0.182. The lowest BCUT2D eigenvalue weighted by atomic mass is 10.1. The number of anilines is 1. The minimum absolute atomic E-state index is 0.0652. The van der Waals surface area contributed by atoms with E-state index in [-0.39, 0.29) is 17.9 Å². The van der Waals surface area contributed by atoms with E-state index in [4.69, 9.17) is 4.42 Å². The van der Waals surface area contributed by atoms with Gasteiger partial charge >= 0.3 is 5.63 Å². The van der Waals surface area contributed by atoms with Gasteiger partial charge in [0.1, 0.15) is 17.0 Å². The van der Waals surface area contributed by atoms with Crippen molar-refractivity contribution in [3.8, 4) is 11.4 Å². The van der Waals surface area contributed by atoms with E-state index in [1.54, 1.807) is 28.4 Å². The molecule has 4 aromatic rings. The number of aryl methyl sites for hydroxylation is 1. The Morgan fingerprint density at radius 1 is 1.07 bits per heavy atom. The van der Waals surface area contributed by atoms with E-state index in [0.29, 0.717) is 27.8 Å². The molecule has 148 valence electrons. The van der Waals surface area contributed by atoms with E-state index in [0.717, 1.165) is 11.4 Å². The van der Waals surface area contributed by atoms with Crippen LogP contribution in [0.3, 0.4) is 0 Å². The molecule has 4 rings (SSSR count). The number of para-hydroxylation sites is 1. The van der Waals surface area contributed by atoms with Crippen molar-refractivity contribution < 1.29 is 9.52 Å². The molecule has 0 amide bonds. The molecule has 0 saturated heterocycles. The molecule has 2 N–H and O–H groups in total. The van der Waals surface area contributed by atoms with E-state index in [1.165, 1.54) is 6.07 Å². The first-order valence-electron chi connectivity index (χ1n) is 9.21. The molecule has 2 aromatic carbocycles. The summed E-state index contributed by atoms with van der Waals surface area (Å²) in [5.41, 5.74) is 2.88. The number of nitrogens with zero attached hydrogens (tertiary/aromatic N) is 2. The summed E-state index contributed by atoms with van der Waals surface area (Å²) in [6, 6.07) is 14.1. The second-order valence-corrected chi connectivity index (χ2v) is 6.97. The lowest BCUT2D eigenvalue weighted by molar-refractivity contribution is 0.468. The van der Waals surface area contributed by atoms with E-state index >= 15 is 0 Å². The number of phenolic OH excluding ortho intramolecular Hbond substituents is 1. The Morgan fingerprint density at radius 3 is 2.52 bits per heavy atom. The predicted molar refractivity (Wildman–Crippen MR) is 112 cm³/mol. The van der Waals surface area contributed by atoms with Gasteiger partial charge in [-0.15, -0.1) is 0 Å². The maximum atomic E-state index is 13.0. The summed E-state index contributed by atoms with van der Waals surface area (Å²) in [6.45, 7) is 3.82. The number of hydrogen-bond acceptors (Lipinski definition) is 5. The highest BCUT2D eigenvalue weighted by molar-refractivity contribution is 5.85. The van der Waals surface area contributed by atoms with Gasteiger partial charge in [-0.05, 0) is 43.7 Å². The molecule has 0 atom stereocenters. The fourth-order valence-corrected chi connectivity index (χ4v) is 3.52. The summed E-state index contributed by atoms with van der Waals surface area (Å²) < 4.78 is 8.67. The smallest absolute Gasteiger partial charge is 0.336 e. The number of aromatic nitrogens is 2. The average Bonchev–Trinajstić information content (AvgIpc) is 2.92. The molecule has 7 heteroatoms. The highest BCUT2D eigenvalue weighted by Gasteiger charge is 2.17. The lowest BCUT2D eigenvalue weighted by Crippen LogP contribution is -2.21. The minimum atomic E-state index is -0.505. The van der Waals surface area contributed by atoms with Gasteiger partial charge in [0, 0.05) is 30.6 Å². The van der Waals surface area contributed by atoms with Crippen molar-refractivity contribution >= 4 is 16.7 Å². The molecule has 0 unspecified atom stereocenters. The Hall–Kier alpha value is -3.74. The molecule has 0 bridgehead atoms. The van der Waals surface area contributed by atoms with E-state index in [1.807, 2.05) is 44.3 Å². The third-order valence-electron chi connectivity index (χ3n) is 5.23. The second kappa shape index (κ2) is 7.01. The van der Waals surface area contributed by atoms with Gasteiger partial charge in [0.15, 0.2) is 0 Å². The first-order valence-corrected chi connectivity index (χ1v) is 9.21. The molecular weight excluding hydrogens is 370 g/mol. The summed E-state index contributed by atoms with van der Waals surface area (Å²) in [5.74, 6) is 0.0652. The van der Waals surface area contributed by atoms with Gasteiger partial charge in [0.25, 0.3) is 5.56 Å². The maximum absolute atomic E-state index is 13.0. The molecule has 7 nitrogen and oxygen atoms in total. The zero-order valence-electron chi connectivity index (χ0n) is 16.4. The Kier molecular flexibility index (Phi) is 4.50. The van der Waals surface area contributed by atoms with Gasteiger partial charge < -0.3 is 14.8 Å². The van der Waals surface area contributed by atoms with E-state index in [9.17, 15) is 14.7 Å². The summed E-state index contributed by atoms with van der Waals surface area (Å²) in [5, 5.41) is 13.8. The minimum Gasteiger partial charge on any atom is -0.508 e. The first kappa shape index (κ1) is 18.6. The van der Waals surface area contributed by atoms with E-state index in [2.05, 4.69) is 5.32 Å². The predicted octanol–water partition coefficient (Wildman–Crippen LogP) is 3.22. The molecule has 0 saturated carbocycles.